The van der Waals surface area contributed by atoms with Crippen molar-refractivity contribution in [3.8, 4) is 0 Å². The smallest absolute Gasteiger partial charge is 0.219 e. The lowest BCUT2D eigenvalue weighted by Crippen LogP contribution is -2.30. The summed E-state index contributed by atoms with van der Waals surface area (Å²) in [5.74, 6) is 0.152. The predicted octanol–water partition coefficient (Wildman–Crippen LogP) is 2.29. The Morgan fingerprint density at radius 3 is 2.80 bits per heavy atom. The van der Waals surface area contributed by atoms with Gasteiger partial charge in [0.1, 0.15) is 0 Å². The molecule has 0 aromatic heterocycles. The minimum absolute atomic E-state index is 0.152. The van der Waals surface area contributed by atoms with E-state index in [1.165, 1.54) is 11.1 Å². The number of carbonyl (C=O) groups excluding carboxylic acids is 1. The number of amides is 1. The van der Waals surface area contributed by atoms with E-state index < -0.39 is 0 Å². The molecule has 2 nitrogen and oxygen atoms in total. The summed E-state index contributed by atoms with van der Waals surface area (Å²) < 4.78 is 0. The van der Waals surface area contributed by atoms with Gasteiger partial charge < -0.3 is 4.90 Å². The molecular formula is C12H14ClNO. The van der Waals surface area contributed by atoms with Gasteiger partial charge in [0, 0.05) is 25.0 Å². The van der Waals surface area contributed by atoms with Gasteiger partial charge in [-0.25, -0.2) is 0 Å². The summed E-state index contributed by atoms with van der Waals surface area (Å²) in [7, 11) is 0. The second kappa shape index (κ2) is 4.23. The van der Waals surface area contributed by atoms with Gasteiger partial charge in [0.2, 0.25) is 5.91 Å². The van der Waals surface area contributed by atoms with Crippen LogP contribution < -0.4 is 0 Å². The molecule has 15 heavy (non-hydrogen) atoms. The maximum atomic E-state index is 11.3. The molecule has 0 N–H and O–H groups in total. The van der Waals surface area contributed by atoms with Gasteiger partial charge in [0.05, 0.1) is 0 Å². The van der Waals surface area contributed by atoms with Crippen LogP contribution in [0.5, 0.6) is 0 Å². The molecule has 0 spiro atoms. The molecule has 1 aromatic carbocycles. The van der Waals surface area contributed by atoms with Crippen molar-refractivity contribution >= 4 is 17.5 Å². The topological polar surface area (TPSA) is 20.3 Å². The van der Waals surface area contributed by atoms with Gasteiger partial charge in [-0.2, -0.15) is 0 Å². The van der Waals surface area contributed by atoms with Crippen LogP contribution in [0.1, 0.15) is 18.1 Å². The van der Waals surface area contributed by atoms with E-state index in [9.17, 15) is 4.79 Å². The zero-order valence-corrected chi connectivity index (χ0v) is 9.55. The summed E-state index contributed by atoms with van der Waals surface area (Å²) in [6.45, 7) is 3.21. The second-order valence-corrected chi connectivity index (χ2v) is 4.29. The van der Waals surface area contributed by atoms with Crippen molar-refractivity contribution in [3.63, 3.8) is 0 Å². The molecular weight excluding hydrogens is 210 g/mol. The van der Waals surface area contributed by atoms with Crippen molar-refractivity contribution in [2.45, 2.75) is 19.8 Å². The van der Waals surface area contributed by atoms with Crippen LogP contribution in [0.2, 0.25) is 5.02 Å². The predicted molar refractivity (Wildman–Crippen MR) is 61.1 cm³/mol. The van der Waals surface area contributed by atoms with E-state index in [-0.39, 0.29) is 5.91 Å². The first-order valence-corrected chi connectivity index (χ1v) is 5.58. The largest absolute Gasteiger partial charge is 0.342 e. The molecule has 3 heteroatoms. The third kappa shape index (κ3) is 2.15. The van der Waals surface area contributed by atoms with Crippen LogP contribution >= 0.6 is 11.6 Å². The summed E-state index contributed by atoms with van der Waals surface area (Å²) in [4.78, 5) is 13.2. The second-order valence-electron chi connectivity index (χ2n) is 3.88. The van der Waals surface area contributed by atoms with E-state index in [4.69, 9.17) is 11.6 Å². The van der Waals surface area contributed by atoms with Crippen molar-refractivity contribution in [3.05, 3.63) is 34.3 Å². The quantitative estimate of drug-likeness (QED) is 0.661. The van der Waals surface area contributed by atoms with Crippen LogP contribution in [0.4, 0.5) is 0 Å². The Bertz CT molecular complexity index is 389. The number of fused-ring (bicyclic) bond motifs is 1. The average molecular weight is 224 g/mol. The molecule has 1 aliphatic heterocycles. The Morgan fingerprint density at radius 1 is 1.33 bits per heavy atom. The SMILES string of the molecule is CC(=O)N1CCc2cccc(Cl)c2CC1. The van der Waals surface area contributed by atoms with Crippen molar-refractivity contribution in [1.29, 1.82) is 0 Å². The van der Waals surface area contributed by atoms with Crippen molar-refractivity contribution in [2.75, 3.05) is 13.1 Å². The molecule has 1 heterocycles. The monoisotopic (exact) mass is 223 g/mol. The Kier molecular flexibility index (Phi) is 2.96. The molecule has 1 amide bonds. The molecule has 0 unspecified atom stereocenters. The Morgan fingerprint density at radius 2 is 2.07 bits per heavy atom. The zero-order chi connectivity index (χ0) is 10.8. The van der Waals surface area contributed by atoms with E-state index in [0.717, 1.165) is 31.0 Å². The van der Waals surface area contributed by atoms with Crippen molar-refractivity contribution in [1.82, 2.24) is 4.90 Å². The summed E-state index contributed by atoms with van der Waals surface area (Å²) in [5.41, 5.74) is 2.49. The maximum Gasteiger partial charge on any atom is 0.219 e. The molecule has 0 saturated heterocycles. The number of benzene rings is 1. The molecule has 80 valence electrons. The Balaban J connectivity index is 2.25. The number of halogens is 1. The lowest BCUT2D eigenvalue weighted by molar-refractivity contribution is -0.128. The Hall–Kier alpha value is -1.02. The van der Waals surface area contributed by atoms with Gasteiger partial charge >= 0.3 is 0 Å². The normalized spacial score (nSPS) is 15.7. The fourth-order valence-electron chi connectivity index (χ4n) is 2.05. The van der Waals surface area contributed by atoms with Crippen LogP contribution in [0.15, 0.2) is 18.2 Å². The third-order valence-electron chi connectivity index (χ3n) is 2.94. The van der Waals surface area contributed by atoms with Gasteiger partial charge in [-0.15, -0.1) is 0 Å². The standard InChI is InChI=1S/C12H14ClNO/c1-9(15)14-7-5-10-3-2-4-12(13)11(10)6-8-14/h2-4H,5-8H2,1H3. The summed E-state index contributed by atoms with van der Waals surface area (Å²) in [5, 5.41) is 0.831. The van der Waals surface area contributed by atoms with Gasteiger partial charge in [0.15, 0.2) is 0 Å². The molecule has 0 radical (unpaired) electrons. The first kappa shape index (κ1) is 10.5. The molecule has 0 saturated carbocycles. The zero-order valence-electron chi connectivity index (χ0n) is 8.79. The lowest BCUT2D eigenvalue weighted by Gasteiger charge is -2.17. The first-order chi connectivity index (χ1) is 7.18. The third-order valence-corrected chi connectivity index (χ3v) is 3.30. The lowest BCUT2D eigenvalue weighted by atomic mass is 10.0. The fourth-order valence-corrected chi connectivity index (χ4v) is 2.33. The van der Waals surface area contributed by atoms with Gasteiger partial charge in [-0.05, 0) is 30.0 Å². The maximum absolute atomic E-state index is 11.3. The van der Waals surface area contributed by atoms with Crippen molar-refractivity contribution in [2.24, 2.45) is 0 Å². The highest BCUT2D eigenvalue weighted by Gasteiger charge is 2.16. The van der Waals surface area contributed by atoms with Gasteiger partial charge in [-0.3, -0.25) is 4.79 Å². The summed E-state index contributed by atoms with van der Waals surface area (Å²) in [6, 6.07) is 6.00. The molecule has 1 aliphatic rings. The molecule has 0 atom stereocenters. The van der Waals surface area contributed by atoms with E-state index in [1.54, 1.807) is 6.92 Å². The van der Waals surface area contributed by atoms with Crippen LogP contribution in [-0.4, -0.2) is 23.9 Å². The number of hydrogen-bond donors (Lipinski definition) is 0. The molecule has 1 aromatic rings. The highest BCUT2D eigenvalue weighted by Crippen LogP contribution is 2.23. The first-order valence-electron chi connectivity index (χ1n) is 5.20. The average Bonchev–Trinajstić information content (AvgIpc) is 2.41. The molecule has 2 rings (SSSR count). The van der Waals surface area contributed by atoms with Crippen LogP contribution in [0.3, 0.4) is 0 Å². The molecule has 0 bridgehead atoms. The Labute approximate surface area is 94.8 Å². The minimum Gasteiger partial charge on any atom is -0.342 e. The van der Waals surface area contributed by atoms with E-state index in [1.807, 2.05) is 17.0 Å². The van der Waals surface area contributed by atoms with Gasteiger partial charge in [0.25, 0.3) is 0 Å². The van der Waals surface area contributed by atoms with Crippen molar-refractivity contribution < 1.29 is 4.79 Å². The van der Waals surface area contributed by atoms with Crippen LogP contribution in [0, 0.1) is 0 Å². The summed E-state index contributed by atoms with van der Waals surface area (Å²) >= 11 is 6.14. The van der Waals surface area contributed by atoms with Gasteiger partial charge in [-0.1, -0.05) is 23.7 Å². The molecule has 0 aliphatic carbocycles. The van der Waals surface area contributed by atoms with E-state index in [0.29, 0.717) is 0 Å². The number of carbonyl (C=O) groups is 1. The highest BCUT2D eigenvalue weighted by molar-refractivity contribution is 6.31. The number of rotatable bonds is 0. The number of nitrogens with zero attached hydrogens (tertiary/aromatic N) is 1. The van der Waals surface area contributed by atoms with E-state index >= 15 is 0 Å². The highest BCUT2D eigenvalue weighted by atomic mass is 35.5. The summed E-state index contributed by atoms with van der Waals surface area (Å²) in [6.07, 6.45) is 1.78. The number of hydrogen-bond acceptors (Lipinski definition) is 1. The molecule has 0 fully saturated rings. The van der Waals surface area contributed by atoms with E-state index in [2.05, 4.69) is 6.07 Å². The fraction of sp³-hybridized carbons (Fsp3) is 0.417. The van der Waals surface area contributed by atoms with Crippen LogP contribution in [-0.2, 0) is 17.6 Å². The van der Waals surface area contributed by atoms with Crippen LogP contribution in [0.25, 0.3) is 0 Å². The minimum atomic E-state index is 0.152.